The van der Waals surface area contributed by atoms with Crippen LogP contribution in [0, 0.1) is 5.82 Å². The maximum atomic E-state index is 13.2. The average Bonchev–Trinajstić information content (AvgIpc) is 2.22. The van der Waals surface area contributed by atoms with Crippen molar-refractivity contribution in [3.63, 3.8) is 0 Å². The SMILES string of the molecule is Fc1ccccc1Oc1cccc(Br)c1. The fraction of sp³-hybridized carbons (Fsp3) is 0. The average molecular weight is 267 g/mol. The molecule has 0 N–H and O–H groups in total. The van der Waals surface area contributed by atoms with Crippen LogP contribution in [0.2, 0.25) is 0 Å². The lowest BCUT2D eigenvalue weighted by Crippen LogP contribution is -1.87. The van der Waals surface area contributed by atoms with Crippen molar-refractivity contribution in [2.24, 2.45) is 0 Å². The van der Waals surface area contributed by atoms with E-state index in [2.05, 4.69) is 15.9 Å². The van der Waals surface area contributed by atoms with Crippen LogP contribution in [-0.2, 0) is 0 Å². The van der Waals surface area contributed by atoms with Crippen molar-refractivity contribution < 1.29 is 9.13 Å². The van der Waals surface area contributed by atoms with E-state index >= 15 is 0 Å². The second-order valence-corrected chi connectivity index (χ2v) is 3.91. The topological polar surface area (TPSA) is 9.23 Å². The smallest absolute Gasteiger partial charge is 0.165 e. The van der Waals surface area contributed by atoms with Crippen molar-refractivity contribution in [3.8, 4) is 11.5 Å². The Morgan fingerprint density at radius 2 is 1.80 bits per heavy atom. The van der Waals surface area contributed by atoms with Gasteiger partial charge in [0.25, 0.3) is 0 Å². The highest BCUT2D eigenvalue weighted by Crippen LogP contribution is 2.25. The highest BCUT2D eigenvalue weighted by molar-refractivity contribution is 9.10. The molecule has 0 spiro atoms. The summed E-state index contributed by atoms with van der Waals surface area (Å²) < 4.78 is 19.5. The van der Waals surface area contributed by atoms with Crippen LogP contribution in [-0.4, -0.2) is 0 Å². The second kappa shape index (κ2) is 4.45. The van der Waals surface area contributed by atoms with E-state index in [1.54, 1.807) is 30.3 Å². The quantitative estimate of drug-likeness (QED) is 0.784. The Morgan fingerprint density at radius 3 is 2.53 bits per heavy atom. The Labute approximate surface area is 95.6 Å². The Balaban J connectivity index is 2.26. The fourth-order valence-corrected chi connectivity index (χ4v) is 1.56. The van der Waals surface area contributed by atoms with Gasteiger partial charge < -0.3 is 4.74 Å². The van der Waals surface area contributed by atoms with Crippen LogP contribution in [0.3, 0.4) is 0 Å². The zero-order chi connectivity index (χ0) is 10.7. The number of hydrogen-bond acceptors (Lipinski definition) is 1. The first-order chi connectivity index (χ1) is 7.25. The van der Waals surface area contributed by atoms with Gasteiger partial charge >= 0.3 is 0 Å². The van der Waals surface area contributed by atoms with Gasteiger partial charge in [-0.1, -0.05) is 34.1 Å². The summed E-state index contributed by atoms with van der Waals surface area (Å²) in [7, 11) is 0. The van der Waals surface area contributed by atoms with E-state index < -0.39 is 0 Å². The largest absolute Gasteiger partial charge is 0.454 e. The maximum absolute atomic E-state index is 13.2. The van der Waals surface area contributed by atoms with E-state index in [0.29, 0.717) is 5.75 Å². The van der Waals surface area contributed by atoms with Crippen LogP contribution in [0.15, 0.2) is 53.0 Å². The van der Waals surface area contributed by atoms with Crippen molar-refractivity contribution in [2.45, 2.75) is 0 Å². The highest BCUT2D eigenvalue weighted by atomic mass is 79.9. The number of para-hydroxylation sites is 1. The van der Waals surface area contributed by atoms with Crippen molar-refractivity contribution >= 4 is 15.9 Å². The predicted molar refractivity (Wildman–Crippen MR) is 60.6 cm³/mol. The molecule has 0 heterocycles. The third-order valence-electron chi connectivity index (χ3n) is 1.86. The van der Waals surface area contributed by atoms with Crippen molar-refractivity contribution in [2.75, 3.05) is 0 Å². The molecule has 0 aliphatic carbocycles. The Morgan fingerprint density at radius 1 is 1.00 bits per heavy atom. The summed E-state index contributed by atoms with van der Waals surface area (Å²) in [5.74, 6) is 0.475. The normalized spacial score (nSPS) is 10.0. The van der Waals surface area contributed by atoms with E-state index in [9.17, 15) is 4.39 Å². The summed E-state index contributed by atoms with van der Waals surface area (Å²) in [4.78, 5) is 0. The van der Waals surface area contributed by atoms with Gasteiger partial charge in [-0.2, -0.15) is 0 Å². The minimum absolute atomic E-state index is 0.232. The molecule has 0 radical (unpaired) electrons. The first kappa shape index (κ1) is 10.2. The lowest BCUT2D eigenvalue weighted by Gasteiger charge is -2.06. The molecule has 2 aromatic rings. The van der Waals surface area contributed by atoms with Gasteiger partial charge in [0.15, 0.2) is 11.6 Å². The Hall–Kier alpha value is -1.35. The standard InChI is InChI=1S/C12H8BrFO/c13-9-4-3-5-10(8-9)15-12-7-2-1-6-11(12)14/h1-8H. The summed E-state index contributed by atoms with van der Waals surface area (Å²) in [5, 5.41) is 0. The highest BCUT2D eigenvalue weighted by Gasteiger charge is 2.02. The lowest BCUT2D eigenvalue weighted by atomic mass is 10.3. The maximum Gasteiger partial charge on any atom is 0.165 e. The first-order valence-corrected chi connectivity index (χ1v) is 5.23. The predicted octanol–water partition coefficient (Wildman–Crippen LogP) is 4.38. The molecule has 3 heteroatoms. The lowest BCUT2D eigenvalue weighted by molar-refractivity contribution is 0.442. The molecule has 0 saturated heterocycles. The van der Waals surface area contributed by atoms with E-state index in [4.69, 9.17) is 4.74 Å². The molecule has 0 aliphatic heterocycles. The fourth-order valence-electron chi connectivity index (χ4n) is 1.18. The van der Waals surface area contributed by atoms with Crippen molar-refractivity contribution in [1.29, 1.82) is 0 Å². The van der Waals surface area contributed by atoms with Crippen LogP contribution < -0.4 is 4.74 Å². The molecular formula is C12H8BrFO. The van der Waals surface area contributed by atoms with Crippen LogP contribution in [0.4, 0.5) is 4.39 Å². The molecule has 0 amide bonds. The molecular weight excluding hydrogens is 259 g/mol. The molecule has 0 atom stereocenters. The summed E-state index contributed by atoms with van der Waals surface area (Å²) in [6, 6.07) is 13.6. The number of benzene rings is 2. The van der Waals surface area contributed by atoms with Gasteiger partial charge in [-0.3, -0.25) is 0 Å². The third-order valence-corrected chi connectivity index (χ3v) is 2.35. The van der Waals surface area contributed by atoms with Crippen LogP contribution in [0.1, 0.15) is 0 Å². The van der Waals surface area contributed by atoms with E-state index in [-0.39, 0.29) is 11.6 Å². The molecule has 2 rings (SSSR count). The monoisotopic (exact) mass is 266 g/mol. The van der Waals surface area contributed by atoms with Crippen LogP contribution in [0.25, 0.3) is 0 Å². The minimum atomic E-state index is -0.363. The molecule has 2 aromatic carbocycles. The molecule has 15 heavy (non-hydrogen) atoms. The zero-order valence-corrected chi connectivity index (χ0v) is 9.37. The van der Waals surface area contributed by atoms with Gasteiger partial charge in [-0.05, 0) is 30.3 Å². The summed E-state index contributed by atoms with van der Waals surface area (Å²) >= 11 is 3.32. The summed E-state index contributed by atoms with van der Waals surface area (Å²) in [6.45, 7) is 0. The Bertz CT molecular complexity index is 471. The van der Waals surface area contributed by atoms with E-state index in [1.807, 2.05) is 12.1 Å². The van der Waals surface area contributed by atoms with E-state index in [0.717, 1.165) is 4.47 Å². The van der Waals surface area contributed by atoms with Crippen LogP contribution >= 0.6 is 15.9 Å². The molecule has 0 bridgehead atoms. The summed E-state index contributed by atoms with van der Waals surface area (Å²) in [6.07, 6.45) is 0. The minimum Gasteiger partial charge on any atom is -0.454 e. The molecule has 1 nitrogen and oxygen atoms in total. The van der Waals surface area contributed by atoms with Gasteiger partial charge in [0, 0.05) is 4.47 Å². The van der Waals surface area contributed by atoms with Gasteiger partial charge in [0.1, 0.15) is 5.75 Å². The van der Waals surface area contributed by atoms with Crippen molar-refractivity contribution in [3.05, 3.63) is 58.8 Å². The number of hydrogen-bond donors (Lipinski definition) is 0. The van der Waals surface area contributed by atoms with Crippen molar-refractivity contribution in [1.82, 2.24) is 0 Å². The van der Waals surface area contributed by atoms with Gasteiger partial charge in [0.2, 0.25) is 0 Å². The molecule has 0 saturated carbocycles. The molecule has 0 fully saturated rings. The number of ether oxygens (including phenoxy) is 1. The van der Waals surface area contributed by atoms with Gasteiger partial charge in [-0.25, -0.2) is 4.39 Å². The molecule has 0 unspecified atom stereocenters. The zero-order valence-electron chi connectivity index (χ0n) is 7.78. The summed E-state index contributed by atoms with van der Waals surface area (Å²) in [5.41, 5.74) is 0. The molecule has 0 aliphatic rings. The number of rotatable bonds is 2. The molecule has 76 valence electrons. The molecule has 0 aromatic heterocycles. The third kappa shape index (κ3) is 2.57. The first-order valence-electron chi connectivity index (χ1n) is 4.43. The van der Waals surface area contributed by atoms with E-state index in [1.165, 1.54) is 6.07 Å². The van der Waals surface area contributed by atoms with Gasteiger partial charge in [0.05, 0.1) is 0 Å². The van der Waals surface area contributed by atoms with Crippen LogP contribution in [0.5, 0.6) is 11.5 Å². The Kier molecular flexibility index (Phi) is 3.02. The second-order valence-electron chi connectivity index (χ2n) is 2.99. The number of halogens is 2. The van der Waals surface area contributed by atoms with Gasteiger partial charge in [-0.15, -0.1) is 0 Å².